The molecule has 1 spiro atoms. The highest BCUT2D eigenvalue weighted by Crippen LogP contribution is 2.62. The van der Waals surface area contributed by atoms with E-state index in [0.717, 1.165) is 27.8 Å². The highest BCUT2D eigenvalue weighted by atomic mass is 32.2. The van der Waals surface area contributed by atoms with Crippen molar-refractivity contribution in [1.29, 1.82) is 0 Å². The van der Waals surface area contributed by atoms with Gasteiger partial charge in [-0.15, -0.1) is 0 Å². The zero-order valence-corrected chi connectivity index (χ0v) is 31.1. The van der Waals surface area contributed by atoms with Gasteiger partial charge in [-0.25, -0.2) is 15.0 Å². The minimum Gasteiger partial charge on any atom is -0.208 e. The number of benzene rings is 8. The molecule has 0 saturated heterocycles. The van der Waals surface area contributed by atoms with Crippen LogP contribution in [0.1, 0.15) is 22.3 Å². The molecule has 0 bridgehead atoms. The summed E-state index contributed by atoms with van der Waals surface area (Å²) in [6.45, 7) is 0. The summed E-state index contributed by atoms with van der Waals surface area (Å²) in [5.41, 5.74) is 15.1. The van der Waals surface area contributed by atoms with E-state index in [4.69, 9.17) is 15.0 Å². The summed E-state index contributed by atoms with van der Waals surface area (Å²) in [7, 11) is 0. The van der Waals surface area contributed by atoms with Crippen LogP contribution in [0.15, 0.2) is 210 Å². The molecule has 2 heterocycles. The van der Waals surface area contributed by atoms with Gasteiger partial charge in [0.2, 0.25) is 0 Å². The van der Waals surface area contributed by atoms with Crippen molar-refractivity contribution in [2.24, 2.45) is 0 Å². The van der Waals surface area contributed by atoms with E-state index in [1.54, 1.807) is 0 Å². The van der Waals surface area contributed by atoms with Crippen LogP contribution in [0.2, 0.25) is 0 Å². The van der Waals surface area contributed by atoms with Crippen LogP contribution >= 0.6 is 11.8 Å². The maximum absolute atomic E-state index is 5.04. The lowest BCUT2D eigenvalue weighted by Crippen LogP contribution is -2.31. The Balaban J connectivity index is 0.983. The second-order valence-electron chi connectivity index (χ2n) is 14.3. The van der Waals surface area contributed by atoms with Gasteiger partial charge in [-0.2, -0.15) is 0 Å². The third-order valence-electron chi connectivity index (χ3n) is 11.2. The SMILES string of the molecule is c1ccc(-c2ccc(-c3nc(-c4ccccc4)nc(-c4ccc(-c5ccc6c(c5)Sc5ccccc5C65c6ccccc6-c6ccccc65)cc4)n3)cc2)cc1. The van der Waals surface area contributed by atoms with Crippen molar-refractivity contribution in [3.8, 4) is 67.5 Å². The van der Waals surface area contributed by atoms with Gasteiger partial charge < -0.3 is 0 Å². The molecular formula is C52H33N3S. The van der Waals surface area contributed by atoms with Crippen LogP contribution in [-0.2, 0) is 5.41 Å². The summed E-state index contributed by atoms with van der Waals surface area (Å²) in [6.07, 6.45) is 0. The van der Waals surface area contributed by atoms with Gasteiger partial charge in [0, 0.05) is 26.5 Å². The molecular weight excluding hydrogens is 699 g/mol. The van der Waals surface area contributed by atoms with Gasteiger partial charge in [0.05, 0.1) is 5.41 Å². The predicted molar refractivity (Wildman–Crippen MR) is 228 cm³/mol. The van der Waals surface area contributed by atoms with E-state index in [1.165, 1.54) is 54.3 Å². The predicted octanol–water partition coefficient (Wildman–Crippen LogP) is 13.0. The fourth-order valence-corrected chi connectivity index (χ4v) is 9.88. The highest BCUT2D eigenvalue weighted by Gasteiger charge is 2.50. The molecule has 262 valence electrons. The van der Waals surface area contributed by atoms with Crippen LogP contribution in [0.5, 0.6) is 0 Å². The second kappa shape index (κ2) is 13.2. The van der Waals surface area contributed by atoms with Crippen molar-refractivity contribution in [3.05, 3.63) is 222 Å². The maximum Gasteiger partial charge on any atom is 0.164 e. The Hall–Kier alpha value is -6.88. The van der Waals surface area contributed by atoms with E-state index in [0.29, 0.717) is 17.5 Å². The van der Waals surface area contributed by atoms with Crippen molar-refractivity contribution < 1.29 is 0 Å². The minimum atomic E-state index is -0.374. The average molecular weight is 732 g/mol. The summed E-state index contributed by atoms with van der Waals surface area (Å²) in [4.78, 5) is 17.6. The molecule has 2 aliphatic rings. The molecule has 0 atom stereocenters. The molecule has 11 rings (SSSR count). The molecule has 0 unspecified atom stereocenters. The standard InChI is InChI=1S/C52H33N3S/c1-3-13-34(14-4-1)35-23-27-38(28-24-35)50-53-49(37-15-5-2-6-16-37)54-51(55-50)39-29-25-36(26-30-39)40-31-32-46-48(33-40)56-47-22-12-11-21-45(47)52(46)43-19-9-7-17-41(43)42-18-8-10-20-44(42)52/h1-33H. The van der Waals surface area contributed by atoms with E-state index in [9.17, 15) is 0 Å². The minimum absolute atomic E-state index is 0.374. The largest absolute Gasteiger partial charge is 0.208 e. The fraction of sp³-hybridized carbons (Fsp3) is 0.0192. The number of rotatable bonds is 5. The van der Waals surface area contributed by atoms with Gasteiger partial charge in [-0.05, 0) is 67.8 Å². The molecule has 9 aromatic rings. The summed E-state index contributed by atoms with van der Waals surface area (Å²) >= 11 is 1.87. The first-order valence-electron chi connectivity index (χ1n) is 18.9. The normalized spacial score (nSPS) is 13.1. The second-order valence-corrected chi connectivity index (χ2v) is 15.4. The molecule has 0 fully saturated rings. The van der Waals surface area contributed by atoms with Crippen LogP contribution in [0.4, 0.5) is 0 Å². The van der Waals surface area contributed by atoms with Crippen molar-refractivity contribution in [1.82, 2.24) is 15.0 Å². The van der Waals surface area contributed by atoms with E-state index >= 15 is 0 Å². The third kappa shape index (κ3) is 5.18. The number of hydrogen-bond donors (Lipinski definition) is 0. The van der Waals surface area contributed by atoms with Gasteiger partial charge in [-0.3, -0.25) is 0 Å². The molecule has 3 nitrogen and oxygen atoms in total. The Kier molecular flexibility index (Phi) is 7.64. The van der Waals surface area contributed by atoms with Crippen molar-refractivity contribution in [3.63, 3.8) is 0 Å². The van der Waals surface area contributed by atoms with E-state index in [-0.39, 0.29) is 5.41 Å². The van der Waals surface area contributed by atoms with Gasteiger partial charge in [0.1, 0.15) is 0 Å². The molecule has 1 aliphatic carbocycles. The quantitative estimate of drug-likeness (QED) is 0.177. The van der Waals surface area contributed by atoms with E-state index in [2.05, 4.69) is 164 Å². The number of nitrogens with zero attached hydrogens (tertiary/aromatic N) is 3. The zero-order chi connectivity index (χ0) is 37.1. The van der Waals surface area contributed by atoms with Crippen LogP contribution in [-0.4, -0.2) is 15.0 Å². The van der Waals surface area contributed by atoms with Crippen molar-refractivity contribution in [2.45, 2.75) is 15.2 Å². The first-order chi connectivity index (χ1) is 27.7. The lowest BCUT2D eigenvalue weighted by atomic mass is 9.67. The average Bonchev–Trinajstić information content (AvgIpc) is 3.57. The van der Waals surface area contributed by atoms with E-state index < -0.39 is 0 Å². The first-order valence-corrected chi connectivity index (χ1v) is 19.8. The topological polar surface area (TPSA) is 38.7 Å². The molecule has 8 aromatic carbocycles. The lowest BCUT2D eigenvalue weighted by molar-refractivity contribution is 0.722. The summed E-state index contributed by atoms with van der Waals surface area (Å²) in [5, 5.41) is 0. The Morgan fingerprint density at radius 3 is 1.23 bits per heavy atom. The lowest BCUT2D eigenvalue weighted by Gasteiger charge is -2.39. The van der Waals surface area contributed by atoms with Crippen LogP contribution in [0.3, 0.4) is 0 Å². The molecule has 4 heteroatoms. The van der Waals surface area contributed by atoms with Gasteiger partial charge in [0.25, 0.3) is 0 Å². The van der Waals surface area contributed by atoms with Gasteiger partial charge in [-0.1, -0.05) is 200 Å². The molecule has 0 radical (unpaired) electrons. The van der Waals surface area contributed by atoms with Crippen molar-refractivity contribution in [2.75, 3.05) is 0 Å². The summed E-state index contributed by atoms with van der Waals surface area (Å²) in [5.74, 6) is 1.94. The number of fused-ring (bicyclic) bond motifs is 9. The zero-order valence-electron chi connectivity index (χ0n) is 30.3. The van der Waals surface area contributed by atoms with Crippen molar-refractivity contribution >= 4 is 11.8 Å². The first kappa shape index (κ1) is 32.5. The molecule has 1 aliphatic heterocycles. The molecule has 0 N–H and O–H groups in total. The summed E-state index contributed by atoms with van der Waals surface area (Å²) < 4.78 is 0. The van der Waals surface area contributed by atoms with Crippen LogP contribution < -0.4 is 0 Å². The Morgan fingerprint density at radius 1 is 0.286 bits per heavy atom. The molecule has 1 aromatic heterocycles. The Morgan fingerprint density at radius 2 is 0.661 bits per heavy atom. The van der Waals surface area contributed by atoms with E-state index in [1.807, 2.05) is 48.2 Å². The smallest absolute Gasteiger partial charge is 0.164 e. The highest BCUT2D eigenvalue weighted by molar-refractivity contribution is 7.99. The Labute approximate surface area is 330 Å². The maximum atomic E-state index is 5.04. The summed E-state index contributed by atoms with van der Waals surface area (Å²) in [6, 6.07) is 71.6. The van der Waals surface area contributed by atoms with Gasteiger partial charge >= 0.3 is 0 Å². The van der Waals surface area contributed by atoms with Crippen LogP contribution in [0.25, 0.3) is 67.5 Å². The Bertz CT molecular complexity index is 2880. The van der Waals surface area contributed by atoms with Gasteiger partial charge in [0.15, 0.2) is 17.5 Å². The molecule has 0 amide bonds. The number of hydrogen-bond acceptors (Lipinski definition) is 4. The molecule has 56 heavy (non-hydrogen) atoms. The monoisotopic (exact) mass is 731 g/mol. The van der Waals surface area contributed by atoms with Crippen LogP contribution in [0, 0.1) is 0 Å². The molecule has 0 saturated carbocycles. The fourth-order valence-electron chi connectivity index (χ4n) is 8.65. The third-order valence-corrected chi connectivity index (χ3v) is 12.4. The number of aromatic nitrogens is 3.